The quantitative estimate of drug-likeness (QED) is 0.121. The molecule has 0 aromatic heterocycles. The van der Waals surface area contributed by atoms with Crippen molar-refractivity contribution in [1.82, 2.24) is 4.44 Å². The smallest absolute Gasteiger partial charge is 0.132 e. The Morgan fingerprint density at radius 1 is 0.707 bits per heavy atom. The van der Waals surface area contributed by atoms with Crippen LogP contribution in [-0.4, -0.2) is 23.5 Å². The van der Waals surface area contributed by atoms with Crippen LogP contribution in [0.3, 0.4) is 0 Å². The Balaban J connectivity index is 1.69. The fourth-order valence-electron chi connectivity index (χ4n) is 5.65. The molecule has 7 heteroatoms. The molecule has 0 spiro atoms. The molecular weight excluding hydrogens is 586 g/mol. The van der Waals surface area contributed by atoms with Crippen LogP contribution in [0.25, 0.3) is 0 Å². The first-order valence-corrected chi connectivity index (χ1v) is 19.4. The summed E-state index contributed by atoms with van der Waals surface area (Å²) in [7, 11) is -2.25. The average Bonchev–Trinajstić information content (AvgIpc) is 3.45. The molecule has 3 atom stereocenters. The summed E-state index contributed by atoms with van der Waals surface area (Å²) in [6.07, 6.45) is 8.36. The lowest BCUT2D eigenvalue weighted by Gasteiger charge is -2.42. The predicted octanol–water partition coefficient (Wildman–Crippen LogP) is 10.5. The van der Waals surface area contributed by atoms with Crippen LogP contribution in [0.1, 0.15) is 55.1 Å². The summed E-state index contributed by atoms with van der Waals surface area (Å²) in [6.45, 7) is 3.02. The molecule has 1 fully saturated rings. The van der Waals surface area contributed by atoms with Crippen molar-refractivity contribution < 1.29 is 8.78 Å². The van der Waals surface area contributed by atoms with E-state index in [-0.39, 0.29) is 11.6 Å². The summed E-state index contributed by atoms with van der Waals surface area (Å²) in [5, 5.41) is 1.23. The van der Waals surface area contributed by atoms with Crippen LogP contribution in [0.15, 0.2) is 107 Å². The lowest BCUT2D eigenvalue weighted by atomic mass is 10.0. The van der Waals surface area contributed by atoms with E-state index in [2.05, 4.69) is 72.4 Å². The Morgan fingerprint density at radius 2 is 1.15 bits per heavy atom. The van der Waals surface area contributed by atoms with Crippen molar-refractivity contribution in [3.63, 3.8) is 0 Å². The molecule has 1 nitrogen and oxygen atoms in total. The first-order chi connectivity index (χ1) is 20.0. The molecule has 2 unspecified atom stereocenters. The summed E-state index contributed by atoms with van der Waals surface area (Å²) >= 11 is 3.51. The Kier molecular flexibility index (Phi) is 11.0. The van der Waals surface area contributed by atoms with Crippen molar-refractivity contribution in [1.29, 1.82) is 0 Å². The zero-order valence-electron chi connectivity index (χ0n) is 23.8. The van der Waals surface area contributed by atoms with Gasteiger partial charge in [-0.05, 0) is 99.5 Å². The van der Waals surface area contributed by atoms with Crippen LogP contribution in [-0.2, 0) is 0 Å². The first-order valence-electron chi connectivity index (χ1n) is 14.2. The van der Waals surface area contributed by atoms with Gasteiger partial charge in [0.15, 0.2) is 0 Å². The van der Waals surface area contributed by atoms with E-state index < -0.39 is 16.1 Å². The maximum absolute atomic E-state index is 15.7. The summed E-state index contributed by atoms with van der Waals surface area (Å²) in [5.41, 5.74) is 3.34. The third-order valence-electron chi connectivity index (χ3n) is 7.72. The molecular formula is C34H37F2NP2S2. The highest BCUT2D eigenvalue weighted by atomic mass is 32.2. The van der Waals surface area contributed by atoms with Crippen molar-refractivity contribution in [3.05, 3.63) is 120 Å². The maximum Gasteiger partial charge on any atom is 0.132 e. The summed E-state index contributed by atoms with van der Waals surface area (Å²) in [5.74, 6) is -0.501. The lowest BCUT2D eigenvalue weighted by Crippen LogP contribution is -2.30. The van der Waals surface area contributed by atoms with E-state index in [1.807, 2.05) is 24.3 Å². The van der Waals surface area contributed by atoms with Gasteiger partial charge in [-0.1, -0.05) is 61.9 Å². The summed E-state index contributed by atoms with van der Waals surface area (Å²) < 4.78 is 34.0. The molecule has 41 heavy (non-hydrogen) atoms. The van der Waals surface area contributed by atoms with Gasteiger partial charge in [0.05, 0.1) is 0 Å². The van der Waals surface area contributed by atoms with Crippen LogP contribution in [0.5, 0.6) is 0 Å². The van der Waals surface area contributed by atoms with Crippen molar-refractivity contribution in [3.8, 4) is 0 Å². The number of halogens is 2. The molecule has 214 valence electrons. The Bertz CT molecular complexity index is 1320. The number of thioether (sulfide) groups is 2. The first kappa shape index (κ1) is 30.7. The fraction of sp³-hybridized carbons (Fsp3) is 0.294. The van der Waals surface area contributed by atoms with Gasteiger partial charge in [-0.25, -0.2) is 8.78 Å². The highest BCUT2D eigenvalue weighted by Gasteiger charge is 2.45. The standard InChI is InChI=1S/C34H37F2NP2S2/c1-4-5-24-37(39(33-12-8-6-10-29(33)35)34-13-9-7-11-30(34)36)38-31(25-14-18-27(40-2)19-15-25)22-23-32(38)26-16-20-28(41-3)21-17-26/h6-21,31-32H,4-5,22-24H2,1-3H3/t31-,32?,38?/m0/s1. The number of rotatable bonds is 11. The van der Waals surface area contributed by atoms with Gasteiger partial charge in [0.25, 0.3) is 0 Å². The second-order valence-corrected chi connectivity index (χ2v) is 16.8. The number of benzene rings is 4. The molecule has 1 heterocycles. The second-order valence-electron chi connectivity index (χ2n) is 10.2. The Labute approximate surface area is 255 Å². The number of unbranched alkanes of at least 4 members (excludes halogenated alkanes) is 1. The molecule has 0 saturated carbocycles. The van der Waals surface area contributed by atoms with Gasteiger partial charge in [0.1, 0.15) is 11.6 Å². The van der Waals surface area contributed by atoms with Gasteiger partial charge < -0.3 is 0 Å². The fourth-order valence-corrected chi connectivity index (χ4v) is 14.0. The van der Waals surface area contributed by atoms with Gasteiger partial charge in [0.2, 0.25) is 0 Å². The highest BCUT2D eigenvalue weighted by Crippen LogP contribution is 2.76. The number of hydrogen-bond donors (Lipinski definition) is 0. The molecule has 1 saturated heterocycles. The Morgan fingerprint density at radius 3 is 1.54 bits per heavy atom. The normalized spacial score (nSPS) is 18.9. The van der Waals surface area contributed by atoms with E-state index in [1.54, 1.807) is 35.7 Å². The average molecular weight is 624 g/mol. The molecule has 1 aliphatic heterocycles. The molecule has 4 aromatic rings. The van der Waals surface area contributed by atoms with E-state index in [0.29, 0.717) is 21.9 Å². The van der Waals surface area contributed by atoms with Crippen LogP contribution in [0.2, 0.25) is 0 Å². The Hall–Kier alpha value is -1.74. The van der Waals surface area contributed by atoms with Crippen LogP contribution in [0, 0.1) is 11.6 Å². The monoisotopic (exact) mass is 623 g/mol. The number of hydrogen-bond acceptors (Lipinski definition) is 3. The third-order valence-corrected chi connectivity index (χ3v) is 15.8. The van der Waals surface area contributed by atoms with Gasteiger partial charge in [-0.2, -0.15) is 0 Å². The molecule has 0 amide bonds. The van der Waals surface area contributed by atoms with E-state index in [9.17, 15) is 0 Å². The molecule has 0 aliphatic carbocycles. The number of nitrogens with zero attached hydrogens (tertiary/aromatic N) is 1. The van der Waals surface area contributed by atoms with Crippen molar-refractivity contribution in [2.75, 3.05) is 19.1 Å². The summed E-state index contributed by atoms with van der Waals surface area (Å²) in [6, 6.07) is 32.1. The molecule has 5 rings (SSSR count). The summed E-state index contributed by atoms with van der Waals surface area (Å²) in [4.78, 5) is 2.51. The van der Waals surface area contributed by atoms with Crippen LogP contribution >= 0.6 is 39.7 Å². The molecule has 0 N–H and O–H groups in total. The third kappa shape index (κ3) is 6.92. The van der Waals surface area contributed by atoms with Crippen molar-refractivity contribution >= 4 is 50.3 Å². The maximum atomic E-state index is 15.7. The minimum atomic E-state index is -1.43. The predicted molar refractivity (Wildman–Crippen MR) is 179 cm³/mol. The molecule has 1 aliphatic rings. The van der Waals surface area contributed by atoms with E-state index in [4.69, 9.17) is 0 Å². The van der Waals surface area contributed by atoms with Gasteiger partial charge in [-0.15, -0.1) is 23.5 Å². The van der Waals surface area contributed by atoms with Gasteiger partial charge >= 0.3 is 0 Å². The van der Waals surface area contributed by atoms with E-state index in [0.717, 1.165) is 32.2 Å². The molecule has 0 radical (unpaired) electrons. The minimum Gasteiger partial charge on any atom is -0.251 e. The van der Waals surface area contributed by atoms with Crippen LogP contribution < -0.4 is 10.6 Å². The largest absolute Gasteiger partial charge is 0.251 e. The highest BCUT2D eigenvalue weighted by molar-refractivity contribution is 7.98. The van der Waals surface area contributed by atoms with E-state index in [1.165, 1.54) is 33.1 Å². The SMILES string of the molecule is CCCCN(P(c1ccccc1F)c1ccccc1F)P1C(c2ccc(SC)cc2)CC[C@H]1c1ccc(SC)cc1. The zero-order valence-corrected chi connectivity index (χ0v) is 27.3. The van der Waals surface area contributed by atoms with Crippen LogP contribution in [0.4, 0.5) is 8.78 Å². The molecule has 4 aromatic carbocycles. The minimum absolute atomic E-state index is 0.251. The molecule has 0 bridgehead atoms. The topological polar surface area (TPSA) is 3.24 Å². The lowest BCUT2D eigenvalue weighted by molar-refractivity contribution is 0.617. The van der Waals surface area contributed by atoms with Gasteiger partial charge in [-0.3, -0.25) is 4.44 Å². The van der Waals surface area contributed by atoms with E-state index >= 15 is 8.78 Å². The second kappa shape index (κ2) is 14.6. The van der Waals surface area contributed by atoms with Gasteiger partial charge in [0, 0.05) is 46.3 Å². The zero-order chi connectivity index (χ0) is 28.8. The van der Waals surface area contributed by atoms with Crippen molar-refractivity contribution in [2.45, 2.75) is 53.7 Å². The van der Waals surface area contributed by atoms with Crippen molar-refractivity contribution in [2.24, 2.45) is 0 Å².